The topological polar surface area (TPSA) is 97.5 Å². The average molecular weight is 151 g/mol. The van der Waals surface area contributed by atoms with E-state index >= 15 is 0 Å². The number of allylic oxidation sites excluding steroid dienone is 1. The van der Waals surface area contributed by atoms with Crippen molar-refractivity contribution in [2.24, 2.45) is 5.73 Å². The zero-order valence-electron chi connectivity index (χ0n) is 4.31. The van der Waals surface area contributed by atoms with Crippen molar-refractivity contribution in [2.45, 2.75) is 0 Å². The molecule has 9 heavy (non-hydrogen) atoms. The first-order valence-corrected chi connectivity index (χ1v) is 3.31. The normalized spacial score (nSPS) is 13.2. The van der Waals surface area contributed by atoms with Gasteiger partial charge in [0.25, 0.3) is 0 Å². The highest BCUT2D eigenvalue weighted by atomic mass is 32.2. The van der Waals surface area contributed by atoms with Crippen molar-refractivity contribution in [1.29, 1.82) is 0 Å². The van der Waals surface area contributed by atoms with Crippen LogP contribution in [0.1, 0.15) is 0 Å². The summed E-state index contributed by atoms with van der Waals surface area (Å²) in [7, 11) is -4.36. The molecule has 0 amide bonds. The van der Waals surface area contributed by atoms with Gasteiger partial charge < -0.3 is 5.73 Å². The van der Waals surface area contributed by atoms with Crippen molar-refractivity contribution < 1.29 is 17.8 Å². The van der Waals surface area contributed by atoms with Crippen LogP contribution >= 0.6 is 0 Å². The first-order chi connectivity index (χ1) is 3.98. The average Bonchev–Trinajstić information content (AvgIpc) is 1.64. The quantitative estimate of drug-likeness (QED) is 0.296. The molecule has 0 atom stereocenters. The van der Waals surface area contributed by atoms with E-state index in [1.54, 1.807) is 0 Å². The Bertz CT molecular complexity index is 226. The summed E-state index contributed by atoms with van der Waals surface area (Å²) in [6.07, 6.45) is 0.721. The third kappa shape index (κ3) is 2.83. The Morgan fingerprint density at radius 1 is 1.56 bits per heavy atom. The summed E-state index contributed by atoms with van der Waals surface area (Å²) in [5.74, 6) is 0. The maximum absolute atomic E-state index is 9.92. The van der Waals surface area contributed by atoms with Crippen molar-refractivity contribution in [3.05, 3.63) is 11.1 Å². The minimum atomic E-state index is -4.36. The maximum Gasteiger partial charge on any atom is 0.309 e. The molecule has 0 radical (unpaired) electrons. The van der Waals surface area contributed by atoms with E-state index in [2.05, 4.69) is 5.73 Å². The Morgan fingerprint density at radius 3 is 2.11 bits per heavy atom. The SMILES string of the molecule is NC(=CC=O)S(=O)(=O)O. The molecule has 52 valence electrons. The largest absolute Gasteiger partial charge is 0.387 e. The first kappa shape index (κ1) is 8.12. The number of nitrogens with two attached hydrogens (primary N) is 1. The molecule has 0 unspecified atom stereocenters. The fourth-order valence-electron chi connectivity index (χ4n) is 0.153. The smallest absolute Gasteiger partial charge is 0.309 e. The number of hydrogen-bond donors (Lipinski definition) is 2. The van der Waals surface area contributed by atoms with Gasteiger partial charge in [0.05, 0.1) is 0 Å². The summed E-state index contributed by atoms with van der Waals surface area (Å²) >= 11 is 0. The lowest BCUT2D eigenvalue weighted by atomic mass is 10.7. The van der Waals surface area contributed by atoms with Gasteiger partial charge in [-0.1, -0.05) is 0 Å². The Hall–Kier alpha value is -0.880. The second-order valence-electron chi connectivity index (χ2n) is 1.18. The van der Waals surface area contributed by atoms with Crippen LogP contribution in [0.3, 0.4) is 0 Å². The number of carbonyl (C=O) groups is 1. The Labute approximate surface area is 51.9 Å². The lowest BCUT2D eigenvalue weighted by Crippen LogP contribution is -2.10. The van der Waals surface area contributed by atoms with E-state index in [1.165, 1.54) is 0 Å². The predicted molar refractivity (Wildman–Crippen MR) is 29.9 cm³/mol. The van der Waals surface area contributed by atoms with Crippen LogP contribution in [0.25, 0.3) is 0 Å². The number of carbonyl (C=O) groups excluding carboxylic acids is 1. The number of hydrogen-bond acceptors (Lipinski definition) is 4. The third-order valence-electron chi connectivity index (χ3n) is 0.530. The Morgan fingerprint density at radius 2 is 2.00 bits per heavy atom. The molecule has 0 saturated heterocycles. The van der Waals surface area contributed by atoms with Crippen molar-refractivity contribution in [3.8, 4) is 0 Å². The van der Waals surface area contributed by atoms with Crippen molar-refractivity contribution in [1.82, 2.24) is 0 Å². The van der Waals surface area contributed by atoms with Gasteiger partial charge in [-0.05, 0) is 0 Å². The van der Waals surface area contributed by atoms with Crippen molar-refractivity contribution >= 4 is 16.4 Å². The van der Waals surface area contributed by atoms with Gasteiger partial charge >= 0.3 is 10.1 Å². The molecule has 3 N–H and O–H groups in total. The van der Waals surface area contributed by atoms with Crippen LogP contribution in [-0.4, -0.2) is 19.3 Å². The van der Waals surface area contributed by atoms with Crippen molar-refractivity contribution in [3.63, 3.8) is 0 Å². The molecule has 0 fully saturated rings. The van der Waals surface area contributed by atoms with Gasteiger partial charge in [-0.25, -0.2) is 0 Å². The molecule has 0 bridgehead atoms. The molecule has 0 saturated carbocycles. The summed E-state index contributed by atoms with van der Waals surface area (Å²) < 4.78 is 27.9. The van der Waals surface area contributed by atoms with Crippen LogP contribution in [0.5, 0.6) is 0 Å². The zero-order valence-corrected chi connectivity index (χ0v) is 5.13. The van der Waals surface area contributed by atoms with E-state index in [-0.39, 0.29) is 6.29 Å². The van der Waals surface area contributed by atoms with E-state index in [4.69, 9.17) is 4.55 Å². The van der Waals surface area contributed by atoms with Gasteiger partial charge in [0.1, 0.15) is 6.29 Å². The number of rotatable bonds is 2. The lowest BCUT2D eigenvalue weighted by Gasteiger charge is -1.89. The number of aldehydes is 1. The fourth-order valence-corrected chi connectivity index (χ4v) is 0.381. The Kier molecular flexibility index (Phi) is 2.35. The van der Waals surface area contributed by atoms with Gasteiger partial charge in [0.15, 0.2) is 5.03 Å². The van der Waals surface area contributed by atoms with E-state index in [9.17, 15) is 13.2 Å². The van der Waals surface area contributed by atoms with Crippen LogP contribution in [-0.2, 0) is 14.9 Å². The molecule has 0 heterocycles. The maximum atomic E-state index is 9.92. The molecule has 0 aromatic carbocycles. The molecule has 0 aliphatic rings. The minimum absolute atomic E-state index is 0.170. The van der Waals surface area contributed by atoms with Gasteiger partial charge in [-0.15, -0.1) is 0 Å². The highest BCUT2D eigenvalue weighted by molar-refractivity contribution is 7.89. The van der Waals surface area contributed by atoms with Crippen LogP contribution in [0, 0.1) is 0 Å². The lowest BCUT2D eigenvalue weighted by molar-refractivity contribution is -0.104. The fraction of sp³-hybridized carbons (Fsp3) is 0. The van der Waals surface area contributed by atoms with E-state index < -0.39 is 15.1 Å². The predicted octanol–water partition coefficient (Wildman–Crippen LogP) is -1.13. The van der Waals surface area contributed by atoms with Gasteiger partial charge in [-0.3, -0.25) is 9.35 Å². The molecule has 0 aliphatic heterocycles. The van der Waals surface area contributed by atoms with Gasteiger partial charge in [0, 0.05) is 6.08 Å². The zero-order chi connectivity index (χ0) is 7.49. The second-order valence-corrected chi connectivity index (χ2v) is 2.60. The molecule has 0 aliphatic carbocycles. The minimum Gasteiger partial charge on any atom is -0.387 e. The molecule has 0 aromatic heterocycles. The van der Waals surface area contributed by atoms with Crippen LogP contribution in [0.2, 0.25) is 0 Å². The van der Waals surface area contributed by atoms with E-state index in [0.717, 1.165) is 0 Å². The van der Waals surface area contributed by atoms with Crippen molar-refractivity contribution in [2.75, 3.05) is 0 Å². The van der Waals surface area contributed by atoms with Crippen LogP contribution in [0.15, 0.2) is 11.1 Å². The highest BCUT2D eigenvalue weighted by Crippen LogP contribution is 1.91. The summed E-state index contributed by atoms with van der Waals surface area (Å²) in [6.45, 7) is 0. The van der Waals surface area contributed by atoms with Gasteiger partial charge in [0.2, 0.25) is 0 Å². The monoisotopic (exact) mass is 151 g/mol. The highest BCUT2D eigenvalue weighted by Gasteiger charge is 2.06. The first-order valence-electron chi connectivity index (χ1n) is 1.87. The Balaban J connectivity index is 4.61. The molecule has 0 aromatic rings. The van der Waals surface area contributed by atoms with E-state index in [0.29, 0.717) is 6.08 Å². The van der Waals surface area contributed by atoms with Crippen LogP contribution < -0.4 is 5.73 Å². The summed E-state index contributed by atoms with van der Waals surface area (Å²) in [5, 5.41) is -0.850. The third-order valence-corrected chi connectivity index (χ3v) is 1.26. The molecule has 6 heteroatoms. The van der Waals surface area contributed by atoms with Crippen LogP contribution in [0.4, 0.5) is 0 Å². The molecule has 0 rings (SSSR count). The second kappa shape index (κ2) is 2.60. The molecule has 0 spiro atoms. The standard InChI is InChI=1S/C3H5NO4S/c4-3(1-2-5)9(6,7)8/h1-2H,4H2,(H,6,7,8). The molecule has 5 nitrogen and oxygen atoms in total. The summed E-state index contributed by atoms with van der Waals surface area (Å²) in [4.78, 5) is 9.53. The summed E-state index contributed by atoms with van der Waals surface area (Å²) in [6, 6.07) is 0. The van der Waals surface area contributed by atoms with Gasteiger partial charge in [-0.2, -0.15) is 8.42 Å². The molecular weight excluding hydrogens is 146 g/mol. The molecular formula is C3H5NO4S. The summed E-state index contributed by atoms with van der Waals surface area (Å²) in [5.41, 5.74) is 4.65. The van der Waals surface area contributed by atoms with E-state index in [1.807, 2.05) is 0 Å².